The van der Waals surface area contributed by atoms with E-state index in [-0.39, 0.29) is 16.8 Å². The number of nitrogens with zero attached hydrogens (tertiary/aromatic N) is 1. The van der Waals surface area contributed by atoms with E-state index in [1.54, 1.807) is 12.1 Å². The number of hydrogen-bond donors (Lipinski definition) is 3. The van der Waals surface area contributed by atoms with Crippen LogP contribution in [-0.4, -0.2) is 49.4 Å². The van der Waals surface area contributed by atoms with E-state index in [1.807, 2.05) is 0 Å². The Balaban J connectivity index is 1.90. The number of nitro benzene ring substituents is 1. The minimum Gasteiger partial charge on any atom is -0.378 e. The van der Waals surface area contributed by atoms with E-state index in [1.165, 1.54) is 12.1 Å². The van der Waals surface area contributed by atoms with Crippen LogP contribution in [0.2, 0.25) is 0 Å². The van der Waals surface area contributed by atoms with Gasteiger partial charge in [0.25, 0.3) is 5.69 Å². The van der Waals surface area contributed by atoms with Gasteiger partial charge in [-0.15, -0.1) is 0 Å². The van der Waals surface area contributed by atoms with Gasteiger partial charge in [-0.3, -0.25) is 14.9 Å². The summed E-state index contributed by atoms with van der Waals surface area (Å²) in [7, 11) is 0. The molecule has 0 spiro atoms. The van der Waals surface area contributed by atoms with Crippen LogP contribution in [0.5, 0.6) is 0 Å². The number of nitrogens with one attached hydrogen (secondary N) is 2. The van der Waals surface area contributed by atoms with E-state index >= 15 is 0 Å². The number of para-hydroxylation sites is 1. The molecule has 0 atom stereocenters. The highest BCUT2D eigenvalue weighted by molar-refractivity contribution is 5.89. The summed E-state index contributed by atoms with van der Waals surface area (Å²) in [5, 5.41) is 14.9. The Kier molecular flexibility index (Phi) is 7.48. The number of rotatable bonds is 11. The van der Waals surface area contributed by atoms with E-state index in [4.69, 9.17) is 15.2 Å². The molecule has 0 radical (unpaired) electrons. The van der Waals surface area contributed by atoms with Gasteiger partial charge >= 0.3 is 0 Å². The van der Waals surface area contributed by atoms with Crippen molar-refractivity contribution in [2.24, 2.45) is 5.73 Å². The number of fused-ring (bicyclic) bond motifs is 1. The zero-order chi connectivity index (χ0) is 18.1. The lowest BCUT2D eigenvalue weighted by atomic mass is 10.1. The molecule has 0 saturated heterocycles. The number of aromatic nitrogens is 1. The molecular weight excluding hydrogens is 328 g/mol. The fourth-order valence-electron chi connectivity index (χ4n) is 2.41. The van der Waals surface area contributed by atoms with Crippen LogP contribution in [0.25, 0.3) is 10.9 Å². The summed E-state index contributed by atoms with van der Waals surface area (Å²) in [6, 6.07) is 6.17. The summed E-state index contributed by atoms with van der Waals surface area (Å²) < 4.78 is 10.6. The Bertz CT molecular complexity index is 762. The molecular formula is C16H22N4O5. The van der Waals surface area contributed by atoms with Crippen molar-refractivity contribution in [2.75, 3.05) is 39.5 Å². The van der Waals surface area contributed by atoms with Gasteiger partial charge in [0.15, 0.2) is 0 Å². The maximum Gasteiger partial charge on any atom is 0.293 e. The number of ether oxygens (including phenoxy) is 2. The Labute approximate surface area is 144 Å². The van der Waals surface area contributed by atoms with Crippen LogP contribution in [0.3, 0.4) is 0 Å². The zero-order valence-electron chi connectivity index (χ0n) is 13.8. The molecule has 1 heterocycles. The molecule has 2 aromatic rings. The van der Waals surface area contributed by atoms with Crippen molar-refractivity contribution in [2.45, 2.75) is 6.54 Å². The molecule has 1 aromatic heterocycles. The smallest absolute Gasteiger partial charge is 0.293 e. The number of pyridine rings is 1. The van der Waals surface area contributed by atoms with Gasteiger partial charge in [-0.05, 0) is 5.56 Å². The lowest BCUT2D eigenvalue weighted by Crippen LogP contribution is -2.22. The molecule has 0 bridgehead atoms. The highest BCUT2D eigenvalue weighted by Crippen LogP contribution is 2.24. The fraction of sp³-hybridized carbons (Fsp3) is 0.438. The molecule has 0 fully saturated rings. The van der Waals surface area contributed by atoms with Crippen LogP contribution >= 0.6 is 0 Å². The van der Waals surface area contributed by atoms with Crippen LogP contribution in [0.15, 0.2) is 29.1 Å². The van der Waals surface area contributed by atoms with Crippen molar-refractivity contribution in [1.82, 2.24) is 10.3 Å². The lowest BCUT2D eigenvalue weighted by Gasteiger charge is -2.09. The number of hydrogen-bond acceptors (Lipinski definition) is 7. The highest BCUT2D eigenvalue weighted by atomic mass is 16.6. The van der Waals surface area contributed by atoms with Gasteiger partial charge in [-0.2, -0.15) is 0 Å². The maximum atomic E-state index is 11.8. The first-order valence-electron chi connectivity index (χ1n) is 7.99. The highest BCUT2D eigenvalue weighted by Gasteiger charge is 2.14. The summed E-state index contributed by atoms with van der Waals surface area (Å²) in [5.41, 5.74) is 5.76. The Hall–Kier alpha value is -2.33. The first-order valence-corrected chi connectivity index (χ1v) is 7.99. The molecule has 9 nitrogen and oxygen atoms in total. The number of nitrogens with two attached hydrogens (primary N) is 1. The molecule has 136 valence electrons. The van der Waals surface area contributed by atoms with Gasteiger partial charge < -0.3 is 25.5 Å². The van der Waals surface area contributed by atoms with Crippen LogP contribution in [0, 0.1) is 10.1 Å². The molecule has 0 amide bonds. The minimum absolute atomic E-state index is 0.114. The second kappa shape index (κ2) is 9.84. The van der Waals surface area contributed by atoms with Gasteiger partial charge in [-0.25, -0.2) is 0 Å². The molecule has 0 unspecified atom stereocenters. The van der Waals surface area contributed by atoms with Crippen molar-refractivity contribution in [3.63, 3.8) is 0 Å². The number of H-pyrrole nitrogens is 1. The Morgan fingerprint density at radius 1 is 1.20 bits per heavy atom. The van der Waals surface area contributed by atoms with E-state index in [0.717, 1.165) is 0 Å². The van der Waals surface area contributed by atoms with Crippen molar-refractivity contribution >= 4 is 16.6 Å². The molecule has 0 aliphatic heterocycles. The average molecular weight is 350 g/mol. The van der Waals surface area contributed by atoms with Crippen LogP contribution in [0.1, 0.15) is 5.56 Å². The summed E-state index contributed by atoms with van der Waals surface area (Å²) in [4.78, 5) is 24.9. The molecule has 0 saturated carbocycles. The average Bonchev–Trinajstić information content (AvgIpc) is 2.59. The van der Waals surface area contributed by atoms with E-state index in [9.17, 15) is 14.9 Å². The summed E-state index contributed by atoms with van der Waals surface area (Å²) >= 11 is 0. The van der Waals surface area contributed by atoms with Gasteiger partial charge in [0.2, 0.25) is 5.56 Å². The Morgan fingerprint density at radius 2 is 1.96 bits per heavy atom. The van der Waals surface area contributed by atoms with Crippen molar-refractivity contribution in [3.05, 3.63) is 50.3 Å². The molecule has 0 aliphatic rings. The lowest BCUT2D eigenvalue weighted by molar-refractivity contribution is -0.383. The predicted octanol–water partition coefficient (Wildman–Crippen LogP) is 0.518. The SMILES string of the molecule is NCCOCCOCCNCc1cc(=O)[nH]c2c([N+](=O)[O-])cccc12. The molecule has 25 heavy (non-hydrogen) atoms. The van der Waals surface area contributed by atoms with Gasteiger partial charge in [-0.1, -0.05) is 12.1 Å². The van der Waals surface area contributed by atoms with E-state index in [2.05, 4.69) is 10.3 Å². The van der Waals surface area contributed by atoms with Gasteiger partial charge in [0, 0.05) is 37.2 Å². The second-order valence-corrected chi connectivity index (χ2v) is 5.31. The molecule has 1 aromatic carbocycles. The first-order chi connectivity index (χ1) is 12.1. The summed E-state index contributed by atoms with van der Waals surface area (Å²) in [6.45, 7) is 3.48. The van der Waals surface area contributed by atoms with Crippen LogP contribution < -0.4 is 16.6 Å². The summed E-state index contributed by atoms with van der Waals surface area (Å²) in [6.07, 6.45) is 0. The topological polar surface area (TPSA) is 133 Å². The van der Waals surface area contributed by atoms with Crippen LogP contribution in [-0.2, 0) is 16.0 Å². The van der Waals surface area contributed by atoms with Crippen LogP contribution in [0.4, 0.5) is 5.69 Å². The monoisotopic (exact) mass is 350 g/mol. The third-order valence-electron chi connectivity index (χ3n) is 3.51. The van der Waals surface area contributed by atoms with Gasteiger partial charge in [0.1, 0.15) is 5.52 Å². The third kappa shape index (κ3) is 5.61. The van der Waals surface area contributed by atoms with Crippen molar-refractivity contribution in [3.8, 4) is 0 Å². The molecule has 9 heteroatoms. The quantitative estimate of drug-likeness (QED) is 0.306. The second-order valence-electron chi connectivity index (χ2n) is 5.31. The van der Waals surface area contributed by atoms with Crippen molar-refractivity contribution in [1.29, 1.82) is 0 Å². The van der Waals surface area contributed by atoms with E-state index < -0.39 is 4.92 Å². The normalized spacial score (nSPS) is 11.1. The summed E-state index contributed by atoms with van der Waals surface area (Å²) in [5.74, 6) is 0. The number of nitro groups is 1. The largest absolute Gasteiger partial charge is 0.378 e. The number of aromatic amines is 1. The minimum atomic E-state index is -0.504. The maximum absolute atomic E-state index is 11.8. The fourth-order valence-corrected chi connectivity index (χ4v) is 2.41. The van der Waals surface area contributed by atoms with E-state index in [0.29, 0.717) is 57.0 Å². The van der Waals surface area contributed by atoms with Gasteiger partial charge in [0.05, 0.1) is 31.4 Å². The third-order valence-corrected chi connectivity index (χ3v) is 3.51. The number of benzene rings is 1. The zero-order valence-corrected chi connectivity index (χ0v) is 13.8. The number of non-ortho nitro benzene ring substituents is 1. The van der Waals surface area contributed by atoms with Crippen molar-refractivity contribution < 1.29 is 14.4 Å². The molecule has 0 aliphatic carbocycles. The Morgan fingerprint density at radius 3 is 2.68 bits per heavy atom. The molecule has 4 N–H and O–H groups in total. The predicted molar refractivity (Wildman–Crippen MR) is 93.6 cm³/mol. The first kappa shape index (κ1) is 19.0. The standard InChI is InChI=1S/C16H22N4O5/c17-4-6-24-8-9-25-7-5-18-11-12-10-15(21)19-16-13(12)2-1-3-14(16)20(22)23/h1-3,10,18H,4-9,11,17H2,(H,19,21). The molecule has 2 rings (SSSR count).